The number of hydrogen-bond donors (Lipinski definition) is 3. The molecule has 2 aliphatic rings. The Morgan fingerprint density at radius 1 is 1.29 bits per heavy atom. The summed E-state index contributed by atoms with van der Waals surface area (Å²) in [6.45, 7) is 2.04. The zero-order chi connectivity index (χ0) is 24.1. The largest absolute Gasteiger partial charge is 0.461 e. The number of nitrogens with zero attached hydrogens (tertiary/aromatic N) is 1. The van der Waals surface area contributed by atoms with E-state index < -0.39 is 11.9 Å². The van der Waals surface area contributed by atoms with Crippen molar-refractivity contribution in [3.05, 3.63) is 69.8 Å². The average Bonchev–Trinajstić information content (AvgIpc) is 3.57. The molecule has 0 spiro atoms. The van der Waals surface area contributed by atoms with Crippen LogP contribution in [0, 0.1) is 0 Å². The number of ketones is 1. The van der Waals surface area contributed by atoms with Crippen molar-refractivity contribution in [2.45, 2.75) is 42.4 Å². The third-order valence-electron chi connectivity index (χ3n) is 6.25. The molecule has 35 heavy (non-hydrogen) atoms. The first-order chi connectivity index (χ1) is 17.0. The first-order valence-electron chi connectivity index (χ1n) is 11.4. The second-order valence-electron chi connectivity index (χ2n) is 8.38. The monoisotopic (exact) mass is 508 g/mol. The number of esters is 1. The van der Waals surface area contributed by atoms with Gasteiger partial charge in [0.05, 0.1) is 28.8 Å². The van der Waals surface area contributed by atoms with Gasteiger partial charge in [0.15, 0.2) is 16.0 Å². The van der Waals surface area contributed by atoms with Crippen LogP contribution in [0.1, 0.15) is 53.9 Å². The van der Waals surface area contributed by atoms with E-state index >= 15 is 0 Å². The molecule has 178 valence electrons. The normalized spacial score (nSPS) is 17.3. The molecule has 0 saturated carbocycles. The Morgan fingerprint density at radius 3 is 3.00 bits per heavy atom. The Bertz CT molecular complexity index is 1510. The number of aromatic nitrogens is 3. The number of para-hydroxylation sites is 1. The molecule has 8 nitrogen and oxygen atoms in total. The first kappa shape index (κ1) is 22.1. The highest BCUT2D eigenvalue weighted by molar-refractivity contribution is 7.99. The number of carbonyl (C=O) groups excluding carboxylic acids is 2. The quantitative estimate of drug-likeness (QED) is 0.282. The minimum Gasteiger partial charge on any atom is -0.461 e. The van der Waals surface area contributed by atoms with Crippen molar-refractivity contribution < 1.29 is 18.7 Å². The molecule has 6 rings (SSSR count). The molecule has 10 heteroatoms. The Balaban J connectivity index is 1.38. The maximum Gasteiger partial charge on any atom is 0.356 e. The number of aromatic amines is 2. The lowest BCUT2D eigenvalue weighted by Crippen LogP contribution is -2.26. The minimum atomic E-state index is -0.439. The number of anilines is 1. The van der Waals surface area contributed by atoms with Crippen LogP contribution in [0.4, 0.5) is 5.69 Å². The molecule has 1 aliphatic carbocycles. The molecule has 1 aromatic carbocycles. The van der Waals surface area contributed by atoms with Crippen molar-refractivity contribution in [2.24, 2.45) is 0 Å². The summed E-state index contributed by atoms with van der Waals surface area (Å²) in [5, 5.41) is 5.19. The van der Waals surface area contributed by atoms with E-state index in [2.05, 4.69) is 20.3 Å². The molecule has 0 bridgehead atoms. The fourth-order valence-electron chi connectivity index (χ4n) is 4.76. The van der Waals surface area contributed by atoms with E-state index in [4.69, 9.17) is 20.8 Å². The van der Waals surface area contributed by atoms with Gasteiger partial charge in [0.2, 0.25) is 0 Å². The molecule has 0 amide bonds. The summed E-state index contributed by atoms with van der Waals surface area (Å²) < 4.78 is 11.5. The van der Waals surface area contributed by atoms with E-state index in [0.29, 0.717) is 49.9 Å². The Kier molecular flexibility index (Phi) is 5.46. The number of halogens is 1. The van der Waals surface area contributed by atoms with Crippen molar-refractivity contribution in [3.63, 3.8) is 0 Å². The summed E-state index contributed by atoms with van der Waals surface area (Å²) >= 11 is 7.60. The lowest BCUT2D eigenvalue weighted by Gasteiger charge is -2.31. The van der Waals surface area contributed by atoms with Gasteiger partial charge >= 0.3 is 5.97 Å². The van der Waals surface area contributed by atoms with Crippen molar-refractivity contribution >= 4 is 51.8 Å². The molecule has 4 aromatic rings. The number of H-pyrrole nitrogens is 2. The van der Waals surface area contributed by atoms with Gasteiger partial charge < -0.3 is 24.4 Å². The predicted molar refractivity (Wildman–Crippen MR) is 132 cm³/mol. The topological polar surface area (TPSA) is 113 Å². The lowest BCUT2D eigenvalue weighted by molar-refractivity contribution is -0.116. The van der Waals surface area contributed by atoms with Crippen LogP contribution >= 0.6 is 23.4 Å². The van der Waals surface area contributed by atoms with Crippen LogP contribution < -0.4 is 5.32 Å². The second-order valence-corrected chi connectivity index (χ2v) is 9.78. The number of nitrogens with one attached hydrogen (secondary N) is 3. The van der Waals surface area contributed by atoms with Crippen LogP contribution in [-0.2, 0) is 9.53 Å². The van der Waals surface area contributed by atoms with E-state index in [1.807, 2.05) is 24.3 Å². The maximum atomic E-state index is 13.0. The van der Waals surface area contributed by atoms with Gasteiger partial charge in [0.25, 0.3) is 0 Å². The van der Waals surface area contributed by atoms with Gasteiger partial charge in [-0.25, -0.2) is 9.78 Å². The molecule has 0 fully saturated rings. The van der Waals surface area contributed by atoms with Crippen molar-refractivity contribution in [3.8, 4) is 0 Å². The fraction of sp³-hybridized carbons (Fsp3) is 0.240. The Hall–Kier alpha value is -3.43. The molecule has 4 heterocycles. The third-order valence-corrected chi connectivity index (χ3v) is 7.36. The Labute approximate surface area is 209 Å². The maximum absolute atomic E-state index is 13.0. The smallest absolute Gasteiger partial charge is 0.356 e. The summed E-state index contributed by atoms with van der Waals surface area (Å²) in [7, 11) is 0. The summed E-state index contributed by atoms with van der Waals surface area (Å²) in [6, 6.07) is 9.32. The highest BCUT2D eigenvalue weighted by Crippen LogP contribution is 2.47. The molecule has 1 atom stereocenters. The number of fused-ring (bicyclic) bond motifs is 2. The summed E-state index contributed by atoms with van der Waals surface area (Å²) in [6.07, 6.45) is 3.73. The molecule has 3 aromatic heterocycles. The van der Waals surface area contributed by atoms with E-state index in [9.17, 15) is 9.59 Å². The number of Topliss-reactive ketones (excluding diaryl/α,β-unsaturated/α-hetero) is 1. The second kappa shape index (κ2) is 8.66. The Morgan fingerprint density at radius 2 is 2.17 bits per heavy atom. The van der Waals surface area contributed by atoms with Gasteiger partial charge in [0, 0.05) is 29.5 Å². The van der Waals surface area contributed by atoms with Gasteiger partial charge in [0.1, 0.15) is 17.0 Å². The predicted octanol–water partition coefficient (Wildman–Crippen LogP) is 6.03. The summed E-state index contributed by atoms with van der Waals surface area (Å²) in [5.41, 5.74) is 4.84. The van der Waals surface area contributed by atoms with E-state index in [1.54, 1.807) is 19.2 Å². The number of carbonyl (C=O) groups is 2. The molecule has 1 aliphatic heterocycles. The molecule has 3 N–H and O–H groups in total. The van der Waals surface area contributed by atoms with Crippen molar-refractivity contribution in [1.82, 2.24) is 15.0 Å². The van der Waals surface area contributed by atoms with Crippen LogP contribution in [0.3, 0.4) is 0 Å². The van der Waals surface area contributed by atoms with Crippen LogP contribution in [-0.4, -0.2) is 33.3 Å². The summed E-state index contributed by atoms with van der Waals surface area (Å²) in [4.78, 5) is 36.4. The number of benzene rings is 1. The van der Waals surface area contributed by atoms with Crippen LogP contribution in [0.2, 0.25) is 5.02 Å². The van der Waals surface area contributed by atoms with Crippen LogP contribution in [0.25, 0.3) is 11.0 Å². The highest BCUT2D eigenvalue weighted by Gasteiger charge is 2.39. The third kappa shape index (κ3) is 3.75. The number of rotatable bonds is 5. The van der Waals surface area contributed by atoms with Gasteiger partial charge in [-0.15, -0.1) is 0 Å². The molecular weight excluding hydrogens is 488 g/mol. The summed E-state index contributed by atoms with van der Waals surface area (Å²) in [5.74, 6) is -0.147. The number of ether oxygens (including phenoxy) is 1. The zero-order valence-corrected chi connectivity index (χ0v) is 20.3. The highest BCUT2D eigenvalue weighted by atomic mass is 35.5. The minimum absolute atomic E-state index is 0.0887. The lowest BCUT2D eigenvalue weighted by atomic mass is 9.78. The number of allylic oxidation sites excluding steroid dienone is 2. The fourth-order valence-corrected chi connectivity index (χ4v) is 5.74. The standard InChI is InChI=1S/C25H21ClN4O4S/c1-2-33-24(32)23-21-12(11-27-23)19(20-14(28-21)6-4-8-16(20)31)17-9-10-18(34-17)35-25-29-15-7-3-5-13(26)22(15)30-25/h3,5,7,9-11,19,27-28H,2,4,6,8H2,1H3,(H,29,30). The zero-order valence-electron chi connectivity index (χ0n) is 18.7. The van der Waals surface area contributed by atoms with Gasteiger partial charge in [-0.05, 0) is 55.8 Å². The first-order valence-corrected chi connectivity index (χ1v) is 12.6. The van der Waals surface area contributed by atoms with E-state index in [-0.39, 0.29) is 12.4 Å². The number of hydrogen-bond acceptors (Lipinski definition) is 7. The van der Waals surface area contributed by atoms with Crippen molar-refractivity contribution in [2.75, 3.05) is 11.9 Å². The molecule has 0 saturated heterocycles. The van der Waals surface area contributed by atoms with E-state index in [0.717, 1.165) is 29.6 Å². The molecule has 0 radical (unpaired) electrons. The van der Waals surface area contributed by atoms with Gasteiger partial charge in [-0.3, -0.25) is 4.79 Å². The van der Waals surface area contributed by atoms with Crippen molar-refractivity contribution in [1.29, 1.82) is 0 Å². The average molecular weight is 509 g/mol. The molecular formula is C25H21ClN4O4S. The van der Waals surface area contributed by atoms with Crippen LogP contribution in [0.5, 0.6) is 0 Å². The van der Waals surface area contributed by atoms with Gasteiger partial charge in [-0.1, -0.05) is 17.7 Å². The van der Waals surface area contributed by atoms with Crippen LogP contribution in [0.15, 0.2) is 62.5 Å². The molecule has 1 unspecified atom stereocenters. The van der Waals surface area contributed by atoms with Gasteiger partial charge in [-0.2, -0.15) is 0 Å². The number of imidazole rings is 1. The number of furan rings is 1. The van der Waals surface area contributed by atoms with E-state index in [1.165, 1.54) is 11.8 Å². The SMILES string of the molecule is CCOC(=O)c1[nH]cc2c1NC1=C(C(=O)CCC1)C2c1ccc(Sc2nc3c(Cl)cccc3[nH]2)o1.